The summed E-state index contributed by atoms with van der Waals surface area (Å²) in [5, 5.41) is 3.39. The molecular weight excluding hydrogens is 240 g/mol. The molecule has 0 aliphatic heterocycles. The van der Waals surface area contributed by atoms with Gasteiger partial charge in [-0.3, -0.25) is 0 Å². The molecule has 4 nitrogen and oxygen atoms in total. The van der Waals surface area contributed by atoms with Gasteiger partial charge in [0.05, 0.1) is 12.7 Å². The van der Waals surface area contributed by atoms with Gasteiger partial charge >= 0.3 is 5.97 Å². The highest BCUT2D eigenvalue weighted by Gasteiger charge is 2.41. The second-order valence-electron chi connectivity index (χ2n) is 5.40. The monoisotopic (exact) mass is 262 g/mol. The Hall–Kier alpha value is -1.71. The predicted octanol–water partition coefficient (Wildman–Crippen LogP) is 3.05. The largest absolute Gasteiger partial charge is 0.465 e. The molecule has 0 unspecified atom stereocenters. The molecule has 0 spiro atoms. The fourth-order valence-electron chi connectivity index (χ4n) is 2.50. The number of ether oxygens (including phenoxy) is 1. The standard InChI is InChI=1S/C15H22N2O2/c1-3-6-15(7-8-15)10-17-13-5-4-11(16)9-12(13)14(18)19-2/h4-5,9,17H,3,6-8,10,16H2,1-2H3. The summed E-state index contributed by atoms with van der Waals surface area (Å²) in [6.45, 7) is 3.12. The summed E-state index contributed by atoms with van der Waals surface area (Å²) in [5.41, 5.74) is 8.05. The predicted molar refractivity (Wildman–Crippen MR) is 77.3 cm³/mol. The number of carbonyl (C=O) groups is 1. The lowest BCUT2D eigenvalue weighted by atomic mass is 10.0. The van der Waals surface area contributed by atoms with Gasteiger partial charge in [0, 0.05) is 17.9 Å². The van der Waals surface area contributed by atoms with Gasteiger partial charge in [-0.2, -0.15) is 0 Å². The number of nitrogens with two attached hydrogens (primary N) is 1. The highest BCUT2D eigenvalue weighted by atomic mass is 16.5. The Morgan fingerprint density at radius 3 is 2.79 bits per heavy atom. The van der Waals surface area contributed by atoms with E-state index in [4.69, 9.17) is 10.5 Å². The second-order valence-corrected chi connectivity index (χ2v) is 5.40. The van der Waals surface area contributed by atoms with Gasteiger partial charge in [0.2, 0.25) is 0 Å². The molecule has 2 rings (SSSR count). The van der Waals surface area contributed by atoms with Gasteiger partial charge in [0.15, 0.2) is 0 Å². The summed E-state index contributed by atoms with van der Waals surface area (Å²) in [6, 6.07) is 5.31. The molecule has 0 atom stereocenters. The van der Waals surface area contributed by atoms with E-state index < -0.39 is 0 Å². The first-order valence-corrected chi connectivity index (χ1v) is 6.82. The minimum absolute atomic E-state index is 0.352. The molecule has 3 N–H and O–H groups in total. The first-order chi connectivity index (χ1) is 9.10. The number of nitrogen functional groups attached to an aromatic ring is 1. The van der Waals surface area contributed by atoms with Crippen molar-refractivity contribution >= 4 is 17.3 Å². The average Bonchev–Trinajstić information content (AvgIpc) is 3.17. The van der Waals surface area contributed by atoms with Crippen LogP contribution in [0.5, 0.6) is 0 Å². The fourth-order valence-corrected chi connectivity index (χ4v) is 2.50. The minimum atomic E-state index is -0.352. The first kappa shape index (κ1) is 13.7. The van der Waals surface area contributed by atoms with Crippen molar-refractivity contribution in [3.05, 3.63) is 23.8 Å². The number of hydrogen-bond donors (Lipinski definition) is 2. The van der Waals surface area contributed by atoms with Crippen LogP contribution in [0.25, 0.3) is 0 Å². The van der Waals surface area contributed by atoms with E-state index in [-0.39, 0.29) is 5.97 Å². The third-order valence-electron chi connectivity index (χ3n) is 3.84. The number of nitrogens with one attached hydrogen (secondary N) is 1. The van der Waals surface area contributed by atoms with Gasteiger partial charge in [-0.05, 0) is 42.9 Å². The quantitative estimate of drug-likeness (QED) is 0.611. The summed E-state index contributed by atoms with van der Waals surface area (Å²) in [4.78, 5) is 11.7. The molecule has 4 heteroatoms. The van der Waals surface area contributed by atoms with Crippen LogP contribution in [0.2, 0.25) is 0 Å². The molecule has 0 amide bonds. The van der Waals surface area contributed by atoms with E-state index in [0.29, 0.717) is 16.7 Å². The maximum atomic E-state index is 11.7. The van der Waals surface area contributed by atoms with Gasteiger partial charge in [0.25, 0.3) is 0 Å². The Labute approximate surface area is 114 Å². The molecule has 1 saturated carbocycles. The van der Waals surface area contributed by atoms with E-state index in [1.807, 2.05) is 6.07 Å². The van der Waals surface area contributed by atoms with E-state index in [0.717, 1.165) is 12.2 Å². The molecular formula is C15H22N2O2. The lowest BCUT2D eigenvalue weighted by Gasteiger charge is -2.17. The van der Waals surface area contributed by atoms with Crippen LogP contribution in [-0.2, 0) is 4.74 Å². The van der Waals surface area contributed by atoms with Crippen LogP contribution >= 0.6 is 0 Å². The lowest BCUT2D eigenvalue weighted by Crippen LogP contribution is -2.17. The fraction of sp³-hybridized carbons (Fsp3) is 0.533. The number of rotatable bonds is 6. The number of hydrogen-bond acceptors (Lipinski definition) is 4. The first-order valence-electron chi connectivity index (χ1n) is 6.82. The molecule has 104 valence electrons. The molecule has 0 radical (unpaired) electrons. The van der Waals surface area contributed by atoms with Gasteiger partial charge in [-0.1, -0.05) is 13.3 Å². The number of carbonyl (C=O) groups excluding carboxylic acids is 1. The molecule has 0 bridgehead atoms. The maximum absolute atomic E-state index is 11.7. The van der Waals surface area contributed by atoms with Crippen molar-refractivity contribution in [3.63, 3.8) is 0 Å². The third-order valence-corrected chi connectivity index (χ3v) is 3.84. The molecule has 1 aromatic rings. The van der Waals surface area contributed by atoms with Crippen molar-refractivity contribution in [2.75, 3.05) is 24.7 Å². The van der Waals surface area contributed by atoms with Crippen molar-refractivity contribution in [2.45, 2.75) is 32.6 Å². The zero-order valence-electron chi connectivity index (χ0n) is 11.7. The van der Waals surface area contributed by atoms with E-state index in [1.54, 1.807) is 12.1 Å². The molecule has 1 aromatic carbocycles. The van der Waals surface area contributed by atoms with Crippen LogP contribution in [0.4, 0.5) is 11.4 Å². The molecule has 0 heterocycles. The number of esters is 1. The molecule has 1 fully saturated rings. The molecule has 1 aliphatic carbocycles. The zero-order chi connectivity index (χ0) is 13.9. The van der Waals surface area contributed by atoms with Crippen LogP contribution in [-0.4, -0.2) is 19.6 Å². The Morgan fingerprint density at radius 2 is 2.21 bits per heavy atom. The van der Waals surface area contributed by atoms with Crippen molar-refractivity contribution in [1.29, 1.82) is 0 Å². The average molecular weight is 262 g/mol. The van der Waals surface area contributed by atoms with Crippen LogP contribution in [0.1, 0.15) is 43.0 Å². The molecule has 1 aliphatic rings. The van der Waals surface area contributed by atoms with Gasteiger partial charge in [0.1, 0.15) is 0 Å². The summed E-state index contributed by atoms with van der Waals surface area (Å²) >= 11 is 0. The van der Waals surface area contributed by atoms with Crippen LogP contribution in [0, 0.1) is 5.41 Å². The third kappa shape index (κ3) is 3.19. The van der Waals surface area contributed by atoms with Gasteiger partial charge in [-0.15, -0.1) is 0 Å². The van der Waals surface area contributed by atoms with Crippen LogP contribution in [0.3, 0.4) is 0 Å². The van der Waals surface area contributed by atoms with Crippen molar-refractivity contribution in [1.82, 2.24) is 0 Å². The Balaban J connectivity index is 2.09. The van der Waals surface area contributed by atoms with Crippen molar-refractivity contribution in [3.8, 4) is 0 Å². The van der Waals surface area contributed by atoms with E-state index in [2.05, 4.69) is 12.2 Å². The van der Waals surface area contributed by atoms with Crippen LogP contribution < -0.4 is 11.1 Å². The second kappa shape index (κ2) is 5.51. The highest BCUT2D eigenvalue weighted by molar-refractivity contribution is 5.96. The van der Waals surface area contributed by atoms with Crippen molar-refractivity contribution < 1.29 is 9.53 Å². The van der Waals surface area contributed by atoms with Gasteiger partial charge < -0.3 is 15.8 Å². The Bertz CT molecular complexity index is 467. The normalized spacial score (nSPS) is 15.9. The summed E-state index contributed by atoms with van der Waals surface area (Å²) in [7, 11) is 1.38. The van der Waals surface area contributed by atoms with E-state index in [9.17, 15) is 4.79 Å². The van der Waals surface area contributed by atoms with Crippen molar-refractivity contribution in [2.24, 2.45) is 5.41 Å². The topological polar surface area (TPSA) is 64.3 Å². The Morgan fingerprint density at radius 1 is 1.47 bits per heavy atom. The number of anilines is 2. The maximum Gasteiger partial charge on any atom is 0.340 e. The lowest BCUT2D eigenvalue weighted by molar-refractivity contribution is 0.0602. The van der Waals surface area contributed by atoms with E-state index in [1.165, 1.54) is 32.8 Å². The Kier molecular flexibility index (Phi) is 3.98. The summed E-state index contributed by atoms with van der Waals surface area (Å²) in [6.07, 6.45) is 4.99. The minimum Gasteiger partial charge on any atom is -0.465 e. The van der Waals surface area contributed by atoms with Gasteiger partial charge in [-0.25, -0.2) is 4.79 Å². The number of methoxy groups -OCH3 is 1. The zero-order valence-corrected chi connectivity index (χ0v) is 11.7. The SMILES string of the molecule is CCCC1(CNc2ccc(N)cc2C(=O)OC)CC1. The smallest absolute Gasteiger partial charge is 0.340 e. The molecule has 0 aromatic heterocycles. The molecule has 19 heavy (non-hydrogen) atoms. The summed E-state index contributed by atoms with van der Waals surface area (Å²) < 4.78 is 4.79. The summed E-state index contributed by atoms with van der Waals surface area (Å²) in [5.74, 6) is -0.352. The number of benzene rings is 1. The highest BCUT2D eigenvalue weighted by Crippen LogP contribution is 2.49. The van der Waals surface area contributed by atoms with E-state index >= 15 is 0 Å². The molecule has 0 saturated heterocycles. The van der Waals surface area contributed by atoms with Crippen LogP contribution in [0.15, 0.2) is 18.2 Å².